The monoisotopic (exact) mass is 416 g/mol. The summed E-state index contributed by atoms with van der Waals surface area (Å²) in [6.07, 6.45) is 1.25. The molecular formula is C21H25FN4O4. The van der Waals surface area contributed by atoms with E-state index in [1.807, 2.05) is 0 Å². The maximum Gasteiger partial charge on any atom is 0.248 e. The van der Waals surface area contributed by atoms with Crippen LogP contribution >= 0.6 is 0 Å². The number of carbonyl (C=O) groups is 2. The fourth-order valence-corrected chi connectivity index (χ4v) is 4.81. The van der Waals surface area contributed by atoms with Crippen molar-refractivity contribution in [3.8, 4) is 0 Å². The second kappa shape index (κ2) is 8.14. The Morgan fingerprint density at radius 2 is 2.20 bits per heavy atom. The lowest BCUT2D eigenvalue weighted by atomic mass is 9.80. The lowest BCUT2D eigenvalue weighted by molar-refractivity contribution is -0.134. The van der Waals surface area contributed by atoms with E-state index >= 15 is 0 Å². The lowest BCUT2D eigenvalue weighted by Gasteiger charge is -2.25. The van der Waals surface area contributed by atoms with E-state index < -0.39 is 5.41 Å². The molecule has 2 aliphatic rings. The van der Waals surface area contributed by atoms with Crippen LogP contribution in [0.4, 0.5) is 4.39 Å². The molecule has 1 aliphatic heterocycles. The van der Waals surface area contributed by atoms with Crippen LogP contribution in [0.3, 0.4) is 0 Å². The van der Waals surface area contributed by atoms with Crippen LogP contribution in [0.5, 0.6) is 0 Å². The van der Waals surface area contributed by atoms with Gasteiger partial charge in [-0.05, 0) is 37.3 Å². The Kier molecular flexibility index (Phi) is 5.55. The number of aryl methyl sites for hydroxylation is 1. The van der Waals surface area contributed by atoms with Crippen molar-refractivity contribution in [1.82, 2.24) is 20.4 Å². The molecule has 2 fully saturated rings. The normalized spacial score (nSPS) is 25.4. The molecule has 1 aliphatic carbocycles. The average molecular weight is 416 g/mol. The largest absolute Gasteiger partial charge is 0.375 e. The van der Waals surface area contributed by atoms with Crippen LogP contribution in [0.25, 0.3) is 0 Å². The number of halogens is 1. The van der Waals surface area contributed by atoms with Gasteiger partial charge in [0.15, 0.2) is 5.82 Å². The van der Waals surface area contributed by atoms with Crippen molar-refractivity contribution in [2.24, 2.45) is 5.92 Å². The molecule has 1 N–H and O–H groups in total. The molecule has 0 spiro atoms. The molecule has 2 aromatic rings. The van der Waals surface area contributed by atoms with E-state index in [2.05, 4.69) is 15.5 Å². The Morgan fingerprint density at radius 3 is 2.90 bits per heavy atom. The maximum absolute atomic E-state index is 13.9. The highest BCUT2D eigenvalue weighted by Crippen LogP contribution is 2.50. The van der Waals surface area contributed by atoms with Gasteiger partial charge in [-0.25, -0.2) is 4.39 Å². The summed E-state index contributed by atoms with van der Waals surface area (Å²) >= 11 is 0. The summed E-state index contributed by atoms with van der Waals surface area (Å²) in [4.78, 5) is 31.1. The third-order valence-corrected chi connectivity index (χ3v) is 6.12. The molecule has 2 amide bonds. The Balaban J connectivity index is 1.49. The molecule has 3 atom stereocenters. The van der Waals surface area contributed by atoms with Crippen molar-refractivity contribution in [3.05, 3.63) is 47.4 Å². The Hall–Kier alpha value is -2.81. The first-order chi connectivity index (χ1) is 14.4. The Morgan fingerprint density at radius 1 is 1.40 bits per heavy atom. The minimum absolute atomic E-state index is 0.0149. The van der Waals surface area contributed by atoms with Gasteiger partial charge in [-0.2, -0.15) is 4.98 Å². The third kappa shape index (κ3) is 3.81. The summed E-state index contributed by atoms with van der Waals surface area (Å²) in [6, 6.07) is 6.16. The number of nitrogens with zero attached hydrogens (tertiary/aromatic N) is 3. The summed E-state index contributed by atoms with van der Waals surface area (Å²) in [5.74, 6) is 0.422. The molecule has 4 rings (SSSR count). The fraction of sp³-hybridized carbons (Fsp3) is 0.524. The van der Waals surface area contributed by atoms with Crippen molar-refractivity contribution < 1.29 is 23.2 Å². The number of likely N-dealkylation sites (tertiary alicyclic amines) is 1. The number of hydrogen-bond acceptors (Lipinski definition) is 6. The molecule has 1 saturated heterocycles. The molecule has 0 bridgehead atoms. The molecule has 2 heterocycles. The number of methoxy groups -OCH3 is 1. The SMILES string of the molecule is COCC(=O)N1C[C@@H]2C[C@@H](NC(=O)Cc3ccccc3F)C[C@]2(c2nc(C)no2)C1. The van der Waals surface area contributed by atoms with E-state index in [0.29, 0.717) is 43.2 Å². The van der Waals surface area contributed by atoms with Crippen LogP contribution < -0.4 is 5.32 Å². The molecule has 160 valence electrons. The van der Waals surface area contributed by atoms with E-state index in [4.69, 9.17) is 9.26 Å². The van der Waals surface area contributed by atoms with Crippen LogP contribution in [-0.2, 0) is 26.2 Å². The van der Waals surface area contributed by atoms with Gasteiger partial charge in [0.1, 0.15) is 12.4 Å². The highest BCUT2D eigenvalue weighted by molar-refractivity contribution is 5.79. The van der Waals surface area contributed by atoms with Crippen molar-refractivity contribution in [2.75, 3.05) is 26.8 Å². The van der Waals surface area contributed by atoms with E-state index in [1.165, 1.54) is 13.2 Å². The number of ether oxygens (including phenoxy) is 1. The van der Waals surface area contributed by atoms with Gasteiger partial charge in [0, 0.05) is 26.2 Å². The molecule has 9 heteroatoms. The molecule has 1 aromatic carbocycles. The van der Waals surface area contributed by atoms with E-state index in [0.717, 1.165) is 0 Å². The van der Waals surface area contributed by atoms with Crippen LogP contribution in [0.15, 0.2) is 28.8 Å². The van der Waals surface area contributed by atoms with Gasteiger partial charge in [0.2, 0.25) is 17.7 Å². The zero-order valence-electron chi connectivity index (χ0n) is 17.1. The molecular weight excluding hydrogens is 391 g/mol. The first-order valence-corrected chi connectivity index (χ1v) is 10.0. The predicted octanol–water partition coefficient (Wildman–Crippen LogP) is 1.38. The minimum atomic E-state index is -0.499. The number of fused-ring (bicyclic) bond motifs is 1. The van der Waals surface area contributed by atoms with Gasteiger partial charge in [0.05, 0.1) is 11.8 Å². The smallest absolute Gasteiger partial charge is 0.248 e. The van der Waals surface area contributed by atoms with Crippen LogP contribution in [0.2, 0.25) is 0 Å². The summed E-state index contributed by atoms with van der Waals surface area (Å²) in [6.45, 7) is 2.77. The molecule has 1 aromatic heterocycles. The maximum atomic E-state index is 13.9. The molecule has 8 nitrogen and oxygen atoms in total. The zero-order chi connectivity index (χ0) is 21.3. The number of amides is 2. The van der Waals surface area contributed by atoms with Crippen LogP contribution in [-0.4, -0.2) is 59.7 Å². The topological polar surface area (TPSA) is 97.6 Å². The summed E-state index contributed by atoms with van der Waals surface area (Å²) in [7, 11) is 1.49. The predicted molar refractivity (Wildman–Crippen MR) is 104 cm³/mol. The second-order valence-electron chi connectivity index (χ2n) is 8.18. The van der Waals surface area contributed by atoms with Crippen molar-refractivity contribution in [2.45, 2.75) is 37.6 Å². The minimum Gasteiger partial charge on any atom is -0.375 e. The van der Waals surface area contributed by atoms with Crippen molar-refractivity contribution >= 4 is 11.8 Å². The standard InChI is InChI=1S/C21H25FN4O4/c1-13-23-20(30-25-13)21-9-16(8-15(21)10-26(12-21)19(28)11-29-2)24-18(27)7-14-5-3-4-6-17(14)22/h3-6,15-16H,7-12H2,1-2H3,(H,24,27)/t15-,16+,21-/m0/s1. The quantitative estimate of drug-likeness (QED) is 0.764. The molecule has 0 unspecified atom stereocenters. The van der Waals surface area contributed by atoms with Crippen LogP contribution in [0.1, 0.15) is 30.1 Å². The zero-order valence-corrected chi connectivity index (χ0v) is 17.1. The van der Waals surface area contributed by atoms with Crippen molar-refractivity contribution in [3.63, 3.8) is 0 Å². The van der Waals surface area contributed by atoms with Crippen LogP contribution in [0, 0.1) is 18.7 Å². The first kappa shape index (κ1) is 20.5. The lowest BCUT2D eigenvalue weighted by Crippen LogP contribution is -2.40. The molecule has 0 radical (unpaired) electrons. The van der Waals surface area contributed by atoms with Gasteiger partial charge >= 0.3 is 0 Å². The number of hydrogen-bond donors (Lipinski definition) is 1. The first-order valence-electron chi connectivity index (χ1n) is 10.0. The van der Waals surface area contributed by atoms with Gasteiger partial charge in [0.25, 0.3) is 0 Å². The van der Waals surface area contributed by atoms with E-state index in [9.17, 15) is 14.0 Å². The highest BCUT2D eigenvalue weighted by Gasteiger charge is 2.58. The fourth-order valence-electron chi connectivity index (χ4n) is 4.81. The van der Waals surface area contributed by atoms with Gasteiger partial charge < -0.3 is 19.5 Å². The number of aromatic nitrogens is 2. The molecule has 1 saturated carbocycles. The number of benzene rings is 1. The van der Waals surface area contributed by atoms with E-state index in [1.54, 1.807) is 30.0 Å². The third-order valence-electron chi connectivity index (χ3n) is 6.12. The number of nitrogens with one attached hydrogen (secondary N) is 1. The van der Waals surface area contributed by atoms with Gasteiger partial charge in [-0.15, -0.1) is 0 Å². The number of carbonyl (C=O) groups excluding carboxylic acids is 2. The number of rotatable bonds is 6. The highest BCUT2D eigenvalue weighted by atomic mass is 19.1. The Bertz CT molecular complexity index is 949. The van der Waals surface area contributed by atoms with E-state index in [-0.39, 0.29) is 42.6 Å². The second-order valence-corrected chi connectivity index (χ2v) is 8.18. The molecule has 30 heavy (non-hydrogen) atoms. The van der Waals surface area contributed by atoms with Crippen molar-refractivity contribution in [1.29, 1.82) is 0 Å². The summed E-state index contributed by atoms with van der Waals surface area (Å²) in [5.41, 5.74) is -0.132. The summed E-state index contributed by atoms with van der Waals surface area (Å²) < 4.78 is 24.4. The van der Waals surface area contributed by atoms with Gasteiger partial charge in [-0.3, -0.25) is 9.59 Å². The summed E-state index contributed by atoms with van der Waals surface area (Å²) in [5, 5.41) is 6.96. The van der Waals surface area contributed by atoms with Gasteiger partial charge in [-0.1, -0.05) is 23.4 Å². The average Bonchev–Trinajstić information content (AvgIpc) is 3.36. The Labute approximate surface area is 173 Å².